The van der Waals surface area contributed by atoms with E-state index in [0.29, 0.717) is 22.3 Å². The molecule has 0 aliphatic carbocycles. The summed E-state index contributed by atoms with van der Waals surface area (Å²) in [5, 5.41) is 9.09. The van der Waals surface area contributed by atoms with Gasteiger partial charge in [0.15, 0.2) is 5.43 Å². The molecule has 3 aromatic carbocycles. The predicted molar refractivity (Wildman–Crippen MR) is 126 cm³/mol. The fourth-order valence-electron chi connectivity index (χ4n) is 3.58. The van der Waals surface area contributed by atoms with Crippen LogP contribution in [0.5, 0.6) is 0 Å². The van der Waals surface area contributed by atoms with Gasteiger partial charge in [-0.05, 0) is 35.4 Å². The topological polar surface area (TPSA) is 93.4 Å². The summed E-state index contributed by atoms with van der Waals surface area (Å²) in [6.45, 7) is 0.171. The third kappa shape index (κ3) is 4.78. The van der Waals surface area contributed by atoms with Crippen molar-refractivity contribution in [2.45, 2.75) is 22.8 Å². The number of aromatic nitrogens is 1. The zero-order chi connectivity index (χ0) is 23.4. The number of benzene rings is 3. The van der Waals surface area contributed by atoms with Gasteiger partial charge in [-0.2, -0.15) is 0 Å². The molecular weight excluding hydrogens is 438 g/mol. The lowest BCUT2D eigenvalue weighted by Crippen LogP contribution is -2.14. The van der Waals surface area contributed by atoms with Crippen molar-refractivity contribution in [1.82, 2.24) is 4.57 Å². The lowest BCUT2D eigenvalue weighted by molar-refractivity contribution is -0.137. The van der Waals surface area contributed by atoms with Crippen LogP contribution >= 0.6 is 0 Å². The number of hydrogen-bond acceptors (Lipinski definition) is 4. The summed E-state index contributed by atoms with van der Waals surface area (Å²) in [5.41, 5.74) is 1.59. The third-order valence-corrected chi connectivity index (χ3v) is 7.02. The van der Waals surface area contributed by atoms with E-state index in [9.17, 15) is 18.0 Å². The first-order valence-electron chi connectivity index (χ1n) is 10.3. The molecule has 0 spiro atoms. The molecule has 166 valence electrons. The summed E-state index contributed by atoms with van der Waals surface area (Å²) in [6.07, 6.45) is 3.10. The summed E-state index contributed by atoms with van der Waals surface area (Å²) in [4.78, 5) is 24.8. The Labute approximate surface area is 191 Å². The molecule has 0 saturated heterocycles. The Morgan fingerprint density at radius 2 is 1.30 bits per heavy atom. The average Bonchev–Trinajstić information content (AvgIpc) is 2.84. The number of sulfone groups is 1. The van der Waals surface area contributed by atoms with E-state index >= 15 is 0 Å². The van der Waals surface area contributed by atoms with E-state index in [2.05, 4.69) is 0 Å². The highest BCUT2D eigenvalue weighted by Crippen LogP contribution is 2.26. The molecule has 0 bridgehead atoms. The molecule has 33 heavy (non-hydrogen) atoms. The first-order chi connectivity index (χ1) is 15.9. The summed E-state index contributed by atoms with van der Waals surface area (Å²) < 4.78 is 27.8. The second-order valence-corrected chi connectivity index (χ2v) is 9.46. The maximum absolute atomic E-state index is 13.4. The number of carbonyl (C=O) groups is 1. The van der Waals surface area contributed by atoms with E-state index in [0.717, 1.165) is 0 Å². The number of aliphatic carboxylic acids is 1. The molecule has 0 unspecified atom stereocenters. The van der Waals surface area contributed by atoms with Crippen molar-refractivity contribution in [2.24, 2.45) is 0 Å². The highest BCUT2D eigenvalue weighted by atomic mass is 32.2. The van der Waals surface area contributed by atoms with E-state index in [-0.39, 0.29) is 28.2 Å². The molecule has 6 nitrogen and oxygen atoms in total. The van der Waals surface area contributed by atoms with Crippen molar-refractivity contribution in [3.05, 3.63) is 108 Å². The second kappa shape index (κ2) is 9.26. The van der Waals surface area contributed by atoms with E-state index in [4.69, 9.17) is 5.11 Å². The summed E-state index contributed by atoms with van der Waals surface area (Å²) in [5.74, 6) is -0.951. The zero-order valence-electron chi connectivity index (χ0n) is 17.6. The van der Waals surface area contributed by atoms with Crippen LogP contribution < -0.4 is 5.43 Å². The average molecular weight is 460 g/mol. The molecule has 0 radical (unpaired) electrons. The maximum atomic E-state index is 13.4. The van der Waals surface area contributed by atoms with Gasteiger partial charge in [0, 0.05) is 30.1 Å². The summed E-state index contributed by atoms with van der Waals surface area (Å²) >= 11 is 0. The van der Waals surface area contributed by atoms with E-state index in [1.807, 2.05) is 18.2 Å². The zero-order valence-corrected chi connectivity index (χ0v) is 18.4. The fraction of sp³-hybridized carbons (Fsp3) is 0.0769. The monoisotopic (exact) mass is 459 g/mol. The predicted octanol–water partition coefficient (Wildman–Crippen LogP) is 4.49. The normalized spacial score (nSPS) is 11.3. The van der Waals surface area contributed by atoms with Gasteiger partial charge in [0.2, 0.25) is 9.84 Å². The molecule has 1 N–H and O–H groups in total. The minimum absolute atomic E-state index is 0.0767. The third-order valence-electron chi connectivity index (χ3n) is 5.26. The number of aryl methyl sites for hydroxylation is 1. The fourth-order valence-corrected chi connectivity index (χ4v) is 4.91. The smallest absolute Gasteiger partial charge is 0.305 e. The van der Waals surface area contributed by atoms with Crippen molar-refractivity contribution in [2.75, 3.05) is 0 Å². The largest absolute Gasteiger partial charge is 0.481 e. The first-order valence-corrected chi connectivity index (χ1v) is 11.8. The van der Waals surface area contributed by atoms with Gasteiger partial charge < -0.3 is 9.67 Å². The van der Waals surface area contributed by atoms with Crippen molar-refractivity contribution in [3.63, 3.8) is 0 Å². The molecule has 0 aliphatic rings. The number of rotatable bonds is 7. The minimum Gasteiger partial charge on any atom is -0.481 e. The number of hydrogen-bond donors (Lipinski definition) is 1. The molecule has 7 heteroatoms. The molecular formula is C26H21NO5S. The van der Waals surface area contributed by atoms with E-state index in [1.54, 1.807) is 59.4 Å². The summed E-state index contributed by atoms with van der Waals surface area (Å²) in [7, 11) is -3.76. The van der Waals surface area contributed by atoms with Crippen LogP contribution in [0.3, 0.4) is 0 Å². The van der Waals surface area contributed by atoms with Gasteiger partial charge in [-0.25, -0.2) is 8.42 Å². The maximum Gasteiger partial charge on any atom is 0.305 e. The molecule has 1 aromatic heterocycles. The SMILES string of the molecule is O=C(O)CCn1cc(-c2ccccc2)c(=O)c(-c2cccc(S(=O)(=O)c3ccccc3)c2)c1. The van der Waals surface area contributed by atoms with Crippen LogP contribution in [0.1, 0.15) is 6.42 Å². The van der Waals surface area contributed by atoms with Crippen LogP contribution in [0.25, 0.3) is 22.3 Å². The Kier molecular flexibility index (Phi) is 6.24. The van der Waals surface area contributed by atoms with Gasteiger partial charge in [0.25, 0.3) is 0 Å². The minimum atomic E-state index is -3.76. The molecule has 0 atom stereocenters. The Balaban J connectivity index is 1.87. The molecule has 0 saturated carbocycles. The van der Waals surface area contributed by atoms with Crippen molar-refractivity contribution < 1.29 is 18.3 Å². The van der Waals surface area contributed by atoms with Crippen LogP contribution in [0, 0.1) is 0 Å². The lowest BCUT2D eigenvalue weighted by atomic mass is 10.0. The number of carboxylic acid groups (broad SMARTS) is 1. The number of pyridine rings is 1. The van der Waals surface area contributed by atoms with Crippen LogP contribution in [-0.4, -0.2) is 24.1 Å². The molecule has 1 heterocycles. The van der Waals surface area contributed by atoms with Crippen LogP contribution in [0.2, 0.25) is 0 Å². The van der Waals surface area contributed by atoms with Gasteiger partial charge in [-0.3, -0.25) is 9.59 Å². The number of nitrogens with zero attached hydrogens (tertiary/aromatic N) is 1. The molecule has 0 amide bonds. The van der Waals surface area contributed by atoms with Crippen LogP contribution in [0.4, 0.5) is 0 Å². The van der Waals surface area contributed by atoms with Gasteiger partial charge in [0.1, 0.15) is 0 Å². The Morgan fingerprint density at radius 1 is 0.758 bits per heavy atom. The molecule has 4 rings (SSSR count). The molecule has 0 fully saturated rings. The van der Waals surface area contributed by atoms with Gasteiger partial charge in [0.05, 0.1) is 16.2 Å². The van der Waals surface area contributed by atoms with Gasteiger partial charge in [-0.15, -0.1) is 0 Å². The van der Waals surface area contributed by atoms with Crippen LogP contribution in [-0.2, 0) is 21.2 Å². The van der Waals surface area contributed by atoms with Crippen molar-refractivity contribution in [3.8, 4) is 22.3 Å². The van der Waals surface area contributed by atoms with Gasteiger partial charge in [-0.1, -0.05) is 60.7 Å². The van der Waals surface area contributed by atoms with Crippen molar-refractivity contribution >= 4 is 15.8 Å². The Morgan fingerprint density at radius 3 is 1.94 bits per heavy atom. The summed E-state index contributed by atoms with van der Waals surface area (Å²) in [6, 6.07) is 23.4. The molecule has 4 aromatic rings. The van der Waals surface area contributed by atoms with E-state index in [1.165, 1.54) is 24.3 Å². The quantitative estimate of drug-likeness (QED) is 0.440. The Bertz CT molecular complexity index is 1460. The standard InChI is InChI=1S/C26H21NO5S/c28-25(29)14-15-27-17-23(19-8-3-1-4-9-19)26(30)24(18-27)20-10-7-13-22(16-20)33(31,32)21-11-5-2-6-12-21/h1-13,16-18H,14-15H2,(H,28,29). The van der Waals surface area contributed by atoms with Crippen LogP contribution in [0.15, 0.2) is 112 Å². The highest BCUT2D eigenvalue weighted by Gasteiger charge is 2.19. The van der Waals surface area contributed by atoms with Crippen molar-refractivity contribution in [1.29, 1.82) is 0 Å². The van der Waals surface area contributed by atoms with E-state index < -0.39 is 15.8 Å². The highest BCUT2D eigenvalue weighted by molar-refractivity contribution is 7.91. The Hall–Kier alpha value is -3.97. The lowest BCUT2D eigenvalue weighted by Gasteiger charge is -2.13. The number of carboxylic acids is 1. The van der Waals surface area contributed by atoms with Gasteiger partial charge >= 0.3 is 5.97 Å². The first kappa shape index (κ1) is 22.2. The molecule has 0 aliphatic heterocycles. The second-order valence-electron chi connectivity index (χ2n) is 7.51.